The first-order chi connectivity index (χ1) is 8.63. The molecule has 3 rings (SSSR count). The molecule has 3 aliphatic rings. The monoisotopic (exact) mass is 395 g/mol. The van der Waals surface area contributed by atoms with Crippen LogP contribution >= 0.6 is 22.6 Å². The summed E-state index contributed by atoms with van der Waals surface area (Å²) in [6, 6.07) is -0.148. The van der Waals surface area contributed by atoms with E-state index in [9.17, 15) is 13.2 Å². The summed E-state index contributed by atoms with van der Waals surface area (Å²) in [7, 11) is -3.49. The highest BCUT2D eigenvalue weighted by atomic mass is 127. The van der Waals surface area contributed by atoms with Crippen LogP contribution in [0.3, 0.4) is 0 Å². The van der Waals surface area contributed by atoms with Crippen LogP contribution in [0.4, 0.5) is 0 Å². The van der Waals surface area contributed by atoms with Gasteiger partial charge in [0.1, 0.15) is 0 Å². The summed E-state index contributed by atoms with van der Waals surface area (Å²) < 4.78 is 26.3. The lowest BCUT2D eigenvalue weighted by Crippen LogP contribution is -2.44. The topological polar surface area (TPSA) is 54.5 Å². The van der Waals surface area contributed by atoms with Gasteiger partial charge in [-0.05, 0) is 53.2 Å². The summed E-state index contributed by atoms with van der Waals surface area (Å²) in [6.45, 7) is 7.95. The van der Waals surface area contributed by atoms with E-state index < -0.39 is 15.9 Å². The van der Waals surface area contributed by atoms with Crippen molar-refractivity contribution in [2.45, 2.75) is 39.2 Å². The van der Waals surface area contributed by atoms with Gasteiger partial charge in [0.2, 0.25) is 10.0 Å². The Kier molecular flexibility index (Phi) is 2.73. The van der Waals surface area contributed by atoms with E-state index in [0.29, 0.717) is 5.92 Å². The third-order valence-corrected chi connectivity index (χ3v) is 8.20. The summed E-state index contributed by atoms with van der Waals surface area (Å²) in [5, 5.41) is 0. The van der Waals surface area contributed by atoms with Crippen LogP contribution in [-0.4, -0.2) is 30.4 Å². The van der Waals surface area contributed by atoms with Crippen LogP contribution in [0.1, 0.15) is 33.1 Å². The standard InChI is InChI=1S/C13H18INO3S/c1-8(14)11(16)15-10-6-9-4-5-13(10,12(9,2)3)7-19(15,17)18/h9-10H,1,4-7H2,2-3H3/t9?,10-,13-/m1/s1. The quantitative estimate of drug-likeness (QED) is 0.506. The fourth-order valence-electron chi connectivity index (χ4n) is 4.68. The molecular formula is C13H18INO3S. The molecule has 2 saturated carbocycles. The summed E-state index contributed by atoms with van der Waals surface area (Å²) in [6.07, 6.45) is 2.83. The zero-order chi connectivity index (χ0) is 14.2. The molecule has 0 aromatic carbocycles. The van der Waals surface area contributed by atoms with Gasteiger partial charge < -0.3 is 0 Å². The van der Waals surface area contributed by atoms with Crippen molar-refractivity contribution in [2.24, 2.45) is 16.7 Å². The maximum atomic E-state index is 12.5. The molecule has 1 spiro atoms. The highest BCUT2D eigenvalue weighted by molar-refractivity contribution is 14.1. The van der Waals surface area contributed by atoms with Gasteiger partial charge in [-0.1, -0.05) is 20.4 Å². The van der Waals surface area contributed by atoms with Crippen molar-refractivity contribution in [1.82, 2.24) is 4.31 Å². The largest absolute Gasteiger partial charge is 0.273 e. The first-order valence-electron chi connectivity index (χ1n) is 6.54. The molecule has 6 heteroatoms. The molecule has 19 heavy (non-hydrogen) atoms. The van der Waals surface area contributed by atoms with E-state index in [-0.39, 0.29) is 26.2 Å². The Morgan fingerprint density at radius 2 is 2.05 bits per heavy atom. The molecule has 1 aliphatic heterocycles. The minimum atomic E-state index is -3.49. The number of rotatable bonds is 1. The number of nitrogens with zero attached hydrogens (tertiary/aromatic N) is 1. The lowest BCUT2D eigenvalue weighted by Gasteiger charge is -2.37. The van der Waals surface area contributed by atoms with E-state index in [2.05, 4.69) is 20.4 Å². The number of carbonyl (C=O) groups excluding carboxylic acids is 1. The summed E-state index contributed by atoms with van der Waals surface area (Å²) >= 11 is 1.82. The van der Waals surface area contributed by atoms with E-state index in [1.165, 1.54) is 0 Å². The predicted octanol–water partition coefficient (Wildman–Crippen LogP) is 2.30. The van der Waals surface area contributed by atoms with Crippen molar-refractivity contribution in [3.63, 3.8) is 0 Å². The zero-order valence-corrected chi connectivity index (χ0v) is 14.1. The van der Waals surface area contributed by atoms with E-state index in [1.807, 2.05) is 22.6 Å². The molecule has 2 bridgehead atoms. The molecule has 0 radical (unpaired) electrons. The number of carbonyl (C=O) groups is 1. The second kappa shape index (κ2) is 3.75. The smallest absolute Gasteiger partial charge is 0.267 e. The van der Waals surface area contributed by atoms with E-state index >= 15 is 0 Å². The van der Waals surface area contributed by atoms with Crippen LogP contribution in [0.5, 0.6) is 0 Å². The average molecular weight is 395 g/mol. The lowest BCUT2D eigenvalue weighted by atomic mass is 9.69. The Morgan fingerprint density at radius 3 is 2.58 bits per heavy atom. The molecule has 1 saturated heterocycles. The van der Waals surface area contributed by atoms with Crippen molar-refractivity contribution in [2.75, 3.05) is 5.75 Å². The first kappa shape index (κ1) is 13.9. The molecule has 0 aromatic rings. The van der Waals surface area contributed by atoms with Crippen molar-refractivity contribution >= 4 is 38.5 Å². The molecule has 1 heterocycles. The molecule has 4 nitrogen and oxygen atoms in total. The van der Waals surface area contributed by atoms with Gasteiger partial charge in [-0.3, -0.25) is 4.79 Å². The average Bonchev–Trinajstić information content (AvgIpc) is 2.74. The third kappa shape index (κ3) is 1.50. The first-order valence-corrected chi connectivity index (χ1v) is 9.23. The van der Waals surface area contributed by atoms with Gasteiger partial charge in [0.15, 0.2) is 0 Å². The fourth-order valence-corrected chi connectivity index (χ4v) is 7.64. The number of hydrogen-bond acceptors (Lipinski definition) is 3. The molecule has 0 aromatic heterocycles. The summed E-state index contributed by atoms with van der Waals surface area (Å²) in [4.78, 5) is 12.2. The minimum absolute atomic E-state index is 0.00632. The molecule has 0 N–H and O–H groups in total. The molecule has 3 atom stereocenters. The zero-order valence-electron chi connectivity index (χ0n) is 11.1. The van der Waals surface area contributed by atoms with Crippen LogP contribution in [0.2, 0.25) is 0 Å². The van der Waals surface area contributed by atoms with Crippen LogP contribution in [-0.2, 0) is 14.8 Å². The van der Waals surface area contributed by atoms with E-state index in [4.69, 9.17) is 0 Å². The molecule has 3 fully saturated rings. The van der Waals surface area contributed by atoms with Crippen molar-refractivity contribution in [1.29, 1.82) is 0 Å². The van der Waals surface area contributed by atoms with Crippen molar-refractivity contribution in [3.8, 4) is 0 Å². The molecule has 1 amide bonds. The van der Waals surface area contributed by atoms with Gasteiger partial charge in [-0.25, -0.2) is 12.7 Å². The molecule has 2 aliphatic carbocycles. The normalized spacial score (nSPS) is 41.3. The SMILES string of the molecule is C=C(I)C(=O)N1[C@@H]2CC3CC[C@]2(CS1(=O)=O)C3(C)C. The van der Waals surface area contributed by atoms with Crippen LogP contribution < -0.4 is 0 Å². The van der Waals surface area contributed by atoms with Gasteiger partial charge >= 0.3 is 0 Å². The van der Waals surface area contributed by atoms with Gasteiger partial charge in [-0.2, -0.15) is 0 Å². The Labute approximate surface area is 127 Å². The minimum Gasteiger partial charge on any atom is -0.267 e. The van der Waals surface area contributed by atoms with Crippen molar-refractivity contribution < 1.29 is 13.2 Å². The number of amides is 1. The van der Waals surface area contributed by atoms with Crippen molar-refractivity contribution in [3.05, 3.63) is 10.2 Å². The van der Waals surface area contributed by atoms with Crippen LogP contribution in [0.25, 0.3) is 0 Å². The molecular weight excluding hydrogens is 377 g/mol. The highest BCUT2D eigenvalue weighted by Gasteiger charge is 2.72. The van der Waals surface area contributed by atoms with Gasteiger partial charge in [-0.15, -0.1) is 0 Å². The number of sulfonamides is 1. The Bertz CT molecular complexity index is 583. The Morgan fingerprint density at radius 1 is 1.42 bits per heavy atom. The molecule has 1 unspecified atom stereocenters. The van der Waals surface area contributed by atoms with Crippen LogP contribution in [0.15, 0.2) is 10.2 Å². The second-order valence-electron chi connectivity index (χ2n) is 6.63. The maximum absolute atomic E-state index is 12.5. The predicted molar refractivity (Wildman–Crippen MR) is 81.1 cm³/mol. The second-order valence-corrected chi connectivity index (χ2v) is 9.78. The highest BCUT2D eigenvalue weighted by Crippen LogP contribution is 2.70. The van der Waals surface area contributed by atoms with Gasteiger partial charge in [0.25, 0.3) is 5.91 Å². The Balaban J connectivity index is 2.12. The number of hydrogen-bond donors (Lipinski definition) is 0. The number of fused-ring (bicyclic) bond motifs is 1. The third-order valence-electron chi connectivity index (χ3n) is 5.84. The van der Waals surface area contributed by atoms with Gasteiger partial charge in [0.05, 0.1) is 15.4 Å². The van der Waals surface area contributed by atoms with E-state index in [1.54, 1.807) is 0 Å². The molecule has 106 valence electrons. The summed E-state index contributed by atoms with van der Waals surface area (Å²) in [5.74, 6) is 0.237. The number of halogens is 1. The van der Waals surface area contributed by atoms with E-state index in [0.717, 1.165) is 23.6 Å². The fraction of sp³-hybridized carbons (Fsp3) is 0.769. The maximum Gasteiger partial charge on any atom is 0.273 e. The lowest BCUT2D eigenvalue weighted by molar-refractivity contribution is -0.124. The summed E-state index contributed by atoms with van der Waals surface area (Å²) in [5.41, 5.74) is -0.232. The van der Waals surface area contributed by atoms with Gasteiger partial charge in [0, 0.05) is 5.41 Å². The van der Waals surface area contributed by atoms with Crippen LogP contribution in [0, 0.1) is 16.7 Å². The Hall–Kier alpha value is -0.110.